The molecular formula is C34H26N2+2. The molecule has 170 valence electrons. The van der Waals surface area contributed by atoms with Crippen molar-refractivity contribution in [3.8, 4) is 11.1 Å². The van der Waals surface area contributed by atoms with Crippen LogP contribution in [0.15, 0.2) is 97.2 Å². The molecule has 0 fully saturated rings. The summed E-state index contributed by atoms with van der Waals surface area (Å²) in [6, 6.07) is 34.6. The number of hydrogen-bond acceptors (Lipinski definition) is 0. The molecular weight excluding hydrogens is 436 g/mol. The number of benzene rings is 3. The van der Waals surface area contributed by atoms with Gasteiger partial charge in [0, 0.05) is 18.2 Å². The summed E-state index contributed by atoms with van der Waals surface area (Å²) in [6.45, 7) is 0. The minimum Gasteiger partial charge on any atom is -0.134 e. The monoisotopic (exact) mass is 462 g/mol. The molecule has 0 saturated heterocycles. The SMILES string of the molecule is c1ccc2c(c1)Cc1cc3c(c4[n+]1C1(C2)c2c(cccc2C4)Cc2cccc[n+]21)-c1ccccc1C3. The van der Waals surface area contributed by atoms with Gasteiger partial charge in [-0.05, 0) is 45.4 Å². The average Bonchev–Trinajstić information content (AvgIpc) is 3.21. The molecule has 0 saturated carbocycles. The molecule has 2 heteroatoms. The van der Waals surface area contributed by atoms with E-state index in [4.69, 9.17) is 0 Å². The normalized spacial score (nSPS) is 19.2. The average molecular weight is 463 g/mol. The highest BCUT2D eigenvalue weighted by Crippen LogP contribution is 2.46. The van der Waals surface area contributed by atoms with E-state index in [1.54, 1.807) is 0 Å². The molecule has 0 N–H and O–H groups in total. The molecule has 0 radical (unpaired) electrons. The van der Waals surface area contributed by atoms with E-state index in [2.05, 4.69) is 106 Å². The van der Waals surface area contributed by atoms with E-state index in [0.29, 0.717) is 0 Å². The highest BCUT2D eigenvalue weighted by atomic mass is 15.3. The summed E-state index contributed by atoms with van der Waals surface area (Å²) in [4.78, 5) is 0. The van der Waals surface area contributed by atoms with Gasteiger partial charge >= 0.3 is 5.66 Å². The molecule has 9 rings (SSSR count). The number of fused-ring (bicyclic) bond motifs is 6. The molecule has 3 aliphatic heterocycles. The van der Waals surface area contributed by atoms with Crippen molar-refractivity contribution in [2.45, 2.75) is 37.8 Å². The molecule has 36 heavy (non-hydrogen) atoms. The van der Waals surface area contributed by atoms with Crippen molar-refractivity contribution >= 4 is 0 Å². The number of pyridine rings is 2. The van der Waals surface area contributed by atoms with Crippen molar-refractivity contribution in [3.63, 3.8) is 0 Å². The highest BCUT2D eigenvalue weighted by Gasteiger charge is 2.63. The predicted octanol–water partition coefficient (Wildman–Crippen LogP) is 5.04. The maximum Gasteiger partial charge on any atom is 0.393 e. The van der Waals surface area contributed by atoms with Crippen molar-refractivity contribution in [2.24, 2.45) is 0 Å². The Morgan fingerprint density at radius 2 is 1.28 bits per heavy atom. The molecule has 0 bridgehead atoms. The third kappa shape index (κ3) is 2.24. The lowest BCUT2D eigenvalue weighted by Gasteiger charge is -2.36. The smallest absolute Gasteiger partial charge is 0.134 e. The number of hydrogen-bond donors (Lipinski definition) is 0. The third-order valence-corrected chi connectivity index (χ3v) is 9.18. The minimum atomic E-state index is -0.289. The van der Waals surface area contributed by atoms with Crippen LogP contribution in [0.5, 0.6) is 0 Å². The summed E-state index contributed by atoms with van der Waals surface area (Å²) in [7, 11) is 0. The van der Waals surface area contributed by atoms with Crippen molar-refractivity contribution in [1.29, 1.82) is 0 Å². The maximum atomic E-state index is 2.79. The highest BCUT2D eigenvalue weighted by molar-refractivity contribution is 5.78. The van der Waals surface area contributed by atoms with Crippen molar-refractivity contribution in [3.05, 3.63) is 153 Å². The molecule has 4 aliphatic rings. The first kappa shape index (κ1) is 19.2. The van der Waals surface area contributed by atoms with Gasteiger partial charge in [-0.2, -0.15) is 0 Å². The van der Waals surface area contributed by atoms with Crippen molar-refractivity contribution < 1.29 is 9.13 Å². The van der Waals surface area contributed by atoms with Crippen LogP contribution in [0.3, 0.4) is 0 Å². The van der Waals surface area contributed by atoms with Gasteiger partial charge < -0.3 is 0 Å². The van der Waals surface area contributed by atoms with Gasteiger partial charge in [-0.25, -0.2) is 0 Å². The maximum absolute atomic E-state index is 2.79. The zero-order valence-corrected chi connectivity index (χ0v) is 20.2. The molecule has 1 atom stereocenters. The fraction of sp³-hybridized carbons (Fsp3) is 0.176. The summed E-state index contributed by atoms with van der Waals surface area (Å²) in [6.07, 6.45) is 7.32. The van der Waals surface area contributed by atoms with Gasteiger partial charge in [0.15, 0.2) is 17.6 Å². The van der Waals surface area contributed by atoms with Crippen LogP contribution in [0.25, 0.3) is 11.1 Å². The van der Waals surface area contributed by atoms with E-state index in [-0.39, 0.29) is 5.66 Å². The van der Waals surface area contributed by atoms with E-state index in [9.17, 15) is 0 Å². The molecule has 1 aliphatic carbocycles. The zero-order valence-electron chi connectivity index (χ0n) is 20.2. The Hall–Kier alpha value is -4.04. The van der Waals surface area contributed by atoms with Gasteiger partial charge in [0.1, 0.15) is 12.0 Å². The van der Waals surface area contributed by atoms with Crippen molar-refractivity contribution in [2.75, 3.05) is 0 Å². The van der Waals surface area contributed by atoms with Crippen LogP contribution in [0.1, 0.15) is 56.0 Å². The minimum absolute atomic E-state index is 0.289. The number of rotatable bonds is 0. The lowest BCUT2D eigenvalue weighted by atomic mass is 9.76. The zero-order chi connectivity index (χ0) is 23.4. The van der Waals surface area contributed by atoms with Gasteiger partial charge in [-0.15, -0.1) is 9.13 Å². The molecule has 3 aromatic carbocycles. The summed E-state index contributed by atoms with van der Waals surface area (Å²) in [5.74, 6) is 0. The van der Waals surface area contributed by atoms with E-state index >= 15 is 0 Å². The lowest BCUT2D eigenvalue weighted by molar-refractivity contribution is -0.992. The first-order chi connectivity index (χ1) is 17.8. The largest absolute Gasteiger partial charge is 0.393 e. The Morgan fingerprint density at radius 3 is 2.19 bits per heavy atom. The first-order valence-corrected chi connectivity index (χ1v) is 13.2. The van der Waals surface area contributed by atoms with E-state index in [1.165, 1.54) is 67.2 Å². The van der Waals surface area contributed by atoms with Crippen LogP contribution in [-0.4, -0.2) is 0 Å². The summed E-state index contributed by atoms with van der Waals surface area (Å²) in [5, 5.41) is 0. The van der Waals surface area contributed by atoms with Gasteiger partial charge in [0.25, 0.3) is 0 Å². The predicted molar refractivity (Wildman–Crippen MR) is 139 cm³/mol. The Kier molecular flexibility index (Phi) is 3.51. The van der Waals surface area contributed by atoms with E-state index in [1.807, 2.05) is 0 Å². The van der Waals surface area contributed by atoms with Crippen LogP contribution in [0.2, 0.25) is 0 Å². The second-order valence-electron chi connectivity index (χ2n) is 11.0. The summed E-state index contributed by atoms with van der Waals surface area (Å²) < 4.78 is 5.42. The molecule has 1 unspecified atom stereocenters. The van der Waals surface area contributed by atoms with Crippen LogP contribution in [0.4, 0.5) is 0 Å². The van der Waals surface area contributed by atoms with Gasteiger partial charge in [-0.1, -0.05) is 72.8 Å². The fourth-order valence-electron chi connectivity index (χ4n) is 7.93. The molecule has 2 nitrogen and oxygen atoms in total. The number of nitrogens with zero attached hydrogens (tertiary/aromatic N) is 2. The van der Waals surface area contributed by atoms with E-state index < -0.39 is 0 Å². The van der Waals surface area contributed by atoms with Crippen LogP contribution < -0.4 is 9.13 Å². The lowest BCUT2D eigenvalue weighted by Crippen LogP contribution is -2.80. The molecule has 0 amide bonds. The second-order valence-corrected chi connectivity index (χ2v) is 11.0. The fourth-order valence-corrected chi connectivity index (χ4v) is 7.93. The Balaban J connectivity index is 1.49. The molecule has 5 heterocycles. The third-order valence-electron chi connectivity index (χ3n) is 9.18. The van der Waals surface area contributed by atoms with Gasteiger partial charge in [0.05, 0.1) is 24.8 Å². The topological polar surface area (TPSA) is 7.76 Å². The summed E-state index contributed by atoms with van der Waals surface area (Å²) in [5.41, 5.74) is 17.4. The van der Waals surface area contributed by atoms with Crippen LogP contribution in [-0.2, 0) is 37.8 Å². The van der Waals surface area contributed by atoms with Crippen LogP contribution >= 0.6 is 0 Å². The Morgan fingerprint density at radius 1 is 0.556 bits per heavy atom. The molecule has 1 spiro atoms. The quantitative estimate of drug-likeness (QED) is 0.280. The second kappa shape index (κ2) is 6.59. The van der Waals surface area contributed by atoms with E-state index in [0.717, 1.165) is 32.1 Å². The molecule has 5 aromatic rings. The first-order valence-electron chi connectivity index (χ1n) is 13.2. The Labute approximate surface area is 211 Å². The standard InChI is InChI=1S/C34H26N2/c1-2-10-26-21-34-33-24(18-28-13-5-6-15-35(28)34)11-7-12-25(33)20-31-32-27(16-23-9-3-4-14-30(23)32)19-29(36(31)34)17-22(26)8-1/h1-15,19H,16-18,20-21H2/q+2. The van der Waals surface area contributed by atoms with Crippen LogP contribution in [0, 0.1) is 0 Å². The molecule has 2 aromatic heterocycles. The number of aromatic nitrogens is 2. The summed E-state index contributed by atoms with van der Waals surface area (Å²) >= 11 is 0. The van der Waals surface area contributed by atoms with Crippen molar-refractivity contribution in [1.82, 2.24) is 0 Å². The Bertz CT molecular complexity index is 1780. The van der Waals surface area contributed by atoms with Gasteiger partial charge in [-0.3, -0.25) is 0 Å². The van der Waals surface area contributed by atoms with Gasteiger partial charge in [0.2, 0.25) is 5.69 Å².